The molecule has 9 heteroatoms. The molecule has 0 saturated carbocycles. The van der Waals surface area contributed by atoms with E-state index in [9.17, 15) is 19.5 Å². The number of phenolic OH excluding ortho intramolecular Hbond substituents is 1. The number of barbiturate groups is 1. The van der Waals surface area contributed by atoms with Crippen molar-refractivity contribution in [2.75, 3.05) is 11.5 Å². The molecule has 0 aliphatic carbocycles. The molecule has 144 valence electrons. The number of benzene rings is 2. The lowest BCUT2D eigenvalue weighted by atomic mass is 10.1. The molecule has 1 aliphatic heterocycles. The summed E-state index contributed by atoms with van der Waals surface area (Å²) in [6, 6.07) is 8.10. The molecule has 7 nitrogen and oxygen atoms in total. The van der Waals surface area contributed by atoms with Crippen molar-refractivity contribution in [3.05, 3.63) is 57.6 Å². The van der Waals surface area contributed by atoms with Crippen LogP contribution in [0.4, 0.5) is 10.5 Å². The molecule has 2 N–H and O–H groups in total. The van der Waals surface area contributed by atoms with Crippen LogP contribution in [0.5, 0.6) is 11.5 Å². The largest absolute Gasteiger partial charge is 0.505 e. The fraction of sp³-hybridized carbons (Fsp3) is 0.105. The summed E-state index contributed by atoms with van der Waals surface area (Å²) in [6.07, 6.45) is 1.24. The van der Waals surface area contributed by atoms with Crippen molar-refractivity contribution in [3.63, 3.8) is 0 Å². The normalized spacial score (nSPS) is 15.8. The lowest BCUT2D eigenvalue weighted by Gasteiger charge is -2.26. The van der Waals surface area contributed by atoms with Crippen LogP contribution in [0.3, 0.4) is 0 Å². The van der Waals surface area contributed by atoms with Gasteiger partial charge in [-0.05, 0) is 55.0 Å². The quantitative estimate of drug-likeness (QED) is 0.579. The van der Waals surface area contributed by atoms with Crippen molar-refractivity contribution < 1.29 is 24.2 Å². The Morgan fingerprint density at radius 3 is 2.29 bits per heavy atom. The summed E-state index contributed by atoms with van der Waals surface area (Å²) in [5, 5.41) is 11.7. The van der Waals surface area contributed by atoms with Gasteiger partial charge >= 0.3 is 6.03 Å². The van der Waals surface area contributed by atoms with E-state index in [1.807, 2.05) is 6.92 Å². The summed E-state index contributed by atoms with van der Waals surface area (Å²) in [4.78, 5) is 38.1. The fourth-order valence-electron chi connectivity index (χ4n) is 2.59. The van der Waals surface area contributed by atoms with Crippen molar-refractivity contribution in [2.45, 2.75) is 6.92 Å². The van der Waals surface area contributed by atoms with Gasteiger partial charge in [-0.15, -0.1) is 0 Å². The Labute approximate surface area is 170 Å². The number of imide groups is 2. The van der Waals surface area contributed by atoms with Crippen molar-refractivity contribution in [2.24, 2.45) is 0 Å². The summed E-state index contributed by atoms with van der Waals surface area (Å²) < 4.78 is 5.34. The molecule has 2 aromatic rings. The maximum atomic E-state index is 12.8. The number of rotatable bonds is 4. The lowest BCUT2D eigenvalue weighted by molar-refractivity contribution is -0.122. The van der Waals surface area contributed by atoms with E-state index < -0.39 is 17.8 Å². The molecule has 1 saturated heterocycles. The van der Waals surface area contributed by atoms with Gasteiger partial charge in [-0.25, -0.2) is 9.69 Å². The van der Waals surface area contributed by atoms with E-state index in [2.05, 4.69) is 5.32 Å². The summed E-state index contributed by atoms with van der Waals surface area (Å²) in [5.41, 5.74) is 0.296. The Hall–Kier alpha value is -3.03. The molecule has 0 unspecified atom stereocenters. The minimum atomic E-state index is -0.863. The number of amides is 4. The first-order chi connectivity index (χ1) is 13.3. The number of hydrogen-bond donors (Lipinski definition) is 2. The van der Waals surface area contributed by atoms with Gasteiger partial charge in [-0.3, -0.25) is 14.9 Å². The van der Waals surface area contributed by atoms with E-state index >= 15 is 0 Å². The lowest BCUT2D eigenvalue weighted by Crippen LogP contribution is -2.54. The van der Waals surface area contributed by atoms with E-state index in [-0.39, 0.29) is 27.1 Å². The van der Waals surface area contributed by atoms with Gasteiger partial charge < -0.3 is 9.84 Å². The third-order valence-corrected chi connectivity index (χ3v) is 4.43. The molecular weight excluding hydrogens is 407 g/mol. The number of ether oxygens (including phenoxy) is 1. The van der Waals surface area contributed by atoms with Gasteiger partial charge in [0.25, 0.3) is 11.8 Å². The predicted octanol–water partition coefficient (Wildman–Crippen LogP) is 3.76. The van der Waals surface area contributed by atoms with Crippen LogP contribution in [0, 0.1) is 0 Å². The van der Waals surface area contributed by atoms with Crippen molar-refractivity contribution in [1.29, 1.82) is 0 Å². The molecule has 1 aliphatic rings. The highest BCUT2D eigenvalue weighted by atomic mass is 35.5. The monoisotopic (exact) mass is 420 g/mol. The van der Waals surface area contributed by atoms with E-state index in [0.29, 0.717) is 17.9 Å². The highest BCUT2D eigenvalue weighted by Gasteiger charge is 2.36. The molecule has 0 atom stereocenters. The first-order valence-electron chi connectivity index (χ1n) is 8.14. The number of nitrogens with zero attached hydrogens (tertiary/aromatic N) is 1. The van der Waals surface area contributed by atoms with Crippen LogP contribution in [0.25, 0.3) is 6.08 Å². The van der Waals surface area contributed by atoms with Crippen LogP contribution < -0.4 is 15.0 Å². The van der Waals surface area contributed by atoms with Crippen LogP contribution in [-0.2, 0) is 9.59 Å². The standard InChI is InChI=1S/C19H14Cl2N2O5/c1-2-28-12-5-3-11(4-6-12)23-18(26)13(17(25)22-19(23)27)7-10-8-14(20)16(24)15(21)9-10/h3-9,24H,2H2,1H3,(H,22,25,27). The van der Waals surface area contributed by atoms with Crippen LogP contribution in [0.2, 0.25) is 10.0 Å². The third-order valence-electron chi connectivity index (χ3n) is 3.86. The number of carbonyl (C=O) groups excluding carboxylic acids is 3. The second-order valence-electron chi connectivity index (χ2n) is 5.72. The molecular formula is C19H14Cl2N2O5. The molecule has 0 aromatic heterocycles. The molecule has 3 rings (SSSR count). The van der Waals surface area contributed by atoms with E-state index in [1.54, 1.807) is 12.1 Å². The number of anilines is 1. The zero-order valence-electron chi connectivity index (χ0n) is 14.5. The van der Waals surface area contributed by atoms with Gasteiger partial charge in [0.15, 0.2) is 5.75 Å². The third kappa shape index (κ3) is 3.81. The number of aromatic hydroxyl groups is 1. The van der Waals surface area contributed by atoms with Crippen molar-refractivity contribution in [3.8, 4) is 11.5 Å². The van der Waals surface area contributed by atoms with Gasteiger partial charge in [0, 0.05) is 0 Å². The minimum absolute atomic E-state index is 0.0394. The summed E-state index contributed by atoms with van der Waals surface area (Å²) >= 11 is 11.7. The number of phenols is 1. The number of urea groups is 1. The Morgan fingerprint density at radius 2 is 1.71 bits per heavy atom. The highest BCUT2D eigenvalue weighted by molar-refractivity contribution is 6.40. The number of hydrogen-bond acceptors (Lipinski definition) is 5. The molecule has 1 heterocycles. The molecule has 2 aromatic carbocycles. The zero-order chi connectivity index (χ0) is 20.4. The highest BCUT2D eigenvalue weighted by Crippen LogP contribution is 2.34. The predicted molar refractivity (Wildman–Crippen MR) is 105 cm³/mol. The number of nitrogens with one attached hydrogen (secondary N) is 1. The Bertz CT molecular complexity index is 979. The van der Waals surface area contributed by atoms with Crippen LogP contribution >= 0.6 is 23.2 Å². The molecule has 0 radical (unpaired) electrons. The van der Waals surface area contributed by atoms with Crippen LogP contribution in [0.1, 0.15) is 12.5 Å². The Kier molecular flexibility index (Phi) is 5.58. The Morgan fingerprint density at radius 1 is 1.11 bits per heavy atom. The van der Waals surface area contributed by atoms with E-state index in [4.69, 9.17) is 27.9 Å². The smallest absolute Gasteiger partial charge is 0.335 e. The topological polar surface area (TPSA) is 95.9 Å². The molecule has 0 spiro atoms. The van der Waals surface area contributed by atoms with Gasteiger partial charge in [-0.2, -0.15) is 0 Å². The summed E-state index contributed by atoms with van der Waals surface area (Å²) in [5.74, 6) is -1.39. The summed E-state index contributed by atoms with van der Waals surface area (Å²) in [6.45, 7) is 2.31. The van der Waals surface area contributed by atoms with Crippen molar-refractivity contribution >= 4 is 52.8 Å². The second-order valence-corrected chi connectivity index (χ2v) is 6.53. The minimum Gasteiger partial charge on any atom is -0.505 e. The average Bonchev–Trinajstić information content (AvgIpc) is 2.64. The molecule has 4 amide bonds. The maximum absolute atomic E-state index is 12.8. The van der Waals surface area contributed by atoms with Gasteiger partial charge in [0.2, 0.25) is 0 Å². The van der Waals surface area contributed by atoms with Crippen molar-refractivity contribution in [1.82, 2.24) is 5.32 Å². The van der Waals surface area contributed by atoms with Gasteiger partial charge in [0.1, 0.15) is 11.3 Å². The SMILES string of the molecule is CCOc1ccc(N2C(=O)NC(=O)C(=Cc3cc(Cl)c(O)c(Cl)c3)C2=O)cc1. The zero-order valence-corrected chi connectivity index (χ0v) is 16.0. The van der Waals surface area contributed by atoms with Crippen LogP contribution in [0.15, 0.2) is 42.0 Å². The van der Waals surface area contributed by atoms with E-state index in [0.717, 1.165) is 4.90 Å². The Balaban J connectivity index is 1.98. The molecule has 1 fully saturated rings. The van der Waals surface area contributed by atoms with E-state index in [1.165, 1.54) is 30.3 Å². The molecule has 0 bridgehead atoms. The van der Waals surface area contributed by atoms with Gasteiger partial charge in [0.05, 0.1) is 22.3 Å². The number of carbonyl (C=O) groups is 3. The first-order valence-corrected chi connectivity index (χ1v) is 8.89. The molecule has 28 heavy (non-hydrogen) atoms. The fourth-order valence-corrected chi connectivity index (χ4v) is 3.09. The maximum Gasteiger partial charge on any atom is 0.335 e. The number of halogens is 2. The average molecular weight is 421 g/mol. The second kappa shape index (κ2) is 7.92. The van der Waals surface area contributed by atoms with Crippen LogP contribution in [-0.4, -0.2) is 29.6 Å². The van der Waals surface area contributed by atoms with Gasteiger partial charge in [-0.1, -0.05) is 23.2 Å². The summed E-state index contributed by atoms with van der Waals surface area (Å²) in [7, 11) is 0. The first kappa shape index (κ1) is 19.7.